The van der Waals surface area contributed by atoms with E-state index in [2.05, 4.69) is 0 Å². The zero-order valence-corrected chi connectivity index (χ0v) is 9.98. The number of aldehydes is 1. The summed E-state index contributed by atoms with van der Waals surface area (Å²) in [6, 6.07) is 11.0. The molecule has 0 bridgehead atoms. The second-order valence-corrected chi connectivity index (χ2v) is 4.15. The predicted molar refractivity (Wildman–Crippen MR) is 66.6 cm³/mol. The first-order chi connectivity index (χ1) is 8.61. The molecule has 0 amide bonds. The maximum atomic E-state index is 11.0. The minimum Gasteiger partial charge on any atom is -0.545 e. The van der Waals surface area contributed by atoms with E-state index >= 15 is 0 Å². The second-order valence-electron chi connectivity index (χ2n) is 3.72. The van der Waals surface area contributed by atoms with Crippen molar-refractivity contribution in [1.82, 2.24) is 0 Å². The monoisotopic (exact) mass is 259 g/mol. The van der Waals surface area contributed by atoms with Crippen LogP contribution in [0.1, 0.15) is 20.7 Å². The number of carboxylic acid groups (broad SMARTS) is 1. The minimum absolute atomic E-state index is 0.0678. The van der Waals surface area contributed by atoms with Crippen molar-refractivity contribution in [3.8, 4) is 11.1 Å². The van der Waals surface area contributed by atoms with Crippen LogP contribution in [0.4, 0.5) is 0 Å². The van der Waals surface area contributed by atoms with Gasteiger partial charge in [0.15, 0.2) is 0 Å². The topological polar surface area (TPSA) is 57.2 Å². The first kappa shape index (κ1) is 12.3. The number of carbonyl (C=O) groups excluding carboxylic acids is 2. The standard InChI is InChI=1S/C14H9ClO3/c15-11-5-6-12(14(17)18)13(7-11)10-3-1-9(8-16)2-4-10/h1-8H,(H,17,18)/p-1. The van der Waals surface area contributed by atoms with Crippen LogP contribution in [-0.2, 0) is 0 Å². The van der Waals surface area contributed by atoms with Crippen LogP contribution in [0.3, 0.4) is 0 Å². The van der Waals surface area contributed by atoms with Gasteiger partial charge in [0.05, 0.1) is 5.97 Å². The number of halogens is 1. The first-order valence-electron chi connectivity index (χ1n) is 5.18. The molecule has 3 nitrogen and oxygen atoms in total. The fourth-order valence-electron chi connectivity index (χ4n) is 1.67. The Balaban J connectivity index is 2.57. The van der Waals surface area contributed by atoms with E-state index in [1.807, 2.05) is 0 Å². The van der Waals surface area contributed by atoms with Gasteiger partial charge in [0.2, 0.25) is 0 Å². The molecule has 0 spiro atoms. The summed E-state index contributed by atoms with van der Waals surface area (Å²) in [5, 5.41) is 11.5. The Kier molecular flexibility index (Phi) is 3.44. The van der Waals surface area contributed by atoms with Gasteiger partial charge in [-0.3, -0.25) is 4.79 Å². The summed E-state index contributed by atoms with van der Waals surface area (Å²) < 4.78 is 0. The molecule has 0 aliphatic carbocycles. The number of aromatic carboxylic acids is 1. The van der Waals surface area contributed by atoms with Crippen LogP contribution in [0.25, 0.3) is 11.1 Å². The van der Waals surface area contributed by atoms with E-state index in [1.54, 1.807) is 30.3 Å². The van der Waals surface area contributed by atoms with Crippen molar-refractivity contribution < 1.29 is 14.7 Å². The van der Waals surface area contributed by atoms with Gasteiger partial charge in [0.1, 0.15) is 6.29 Å². The Hall–Kier alpha value is -2.13. The summed E-state index contributed by atoms with van der Waals surface area (Å²) in [5.41, 5.74) is 1.73. The van der Waals surface area contributed by atoms with Crippen LogP contribution < -0.4 is 5.11 Å². The molecule has 0 heterocycles. The third kappa shape index (κ3) is 2.41. The molecule has 0 fully saturated rings. The molecule has 18 heavy (non-hydrogen) atoms. The predicted octanol–water partition coefficient (Wildman–Crippen LogP) is 2.18. The lowest BCUT2D eigenvalue weighted by Crippen LogP contribution is -2.23. The van der Waals surface area contributed by atoms with E-state index in [4.69, 9.17) is 11.6 Å². The molecule has 0 saturated heterocycles. The highest BCUT2D eigenvalue weighted by Crippen LogP contribution is 2.26. The number of rotatable bonds is 3. The van der Waals surface area contributed by atoms with Gasteiger partial charge in [0.25, 0.3) is 0 Å². The van der Waals surface area contributed by atoms with Crippen LogP contribution >= 0.6 is 11.6 Å². The minimum atomic E-state index is -1.26. The van der Waals surface area contributed by atoms with E-state index in [0.29, 0.717) is 21.7 Å². The molecule has 2 aromatic carbocycles. The number of benzene rings is 2. The summed E-state index contributed by atoms with van der Waals surface area (Å²) >= 11 is 5.86. The molecule has 2 rings (SSSR count). The van der Waals surface area contributed by atoms with Gasteiger partial charge in [-0.2, -0.15) is 0 Å². The van der Waals surface area contributed by atoms with Crippen LogP contribution in [-0.4, -0.2) is 12.3 Å². The highest BCUT2D eigenvalue weighted by atomic mass is 35.5. The fraction of sp³-hybridized carbons (Fsp3) is 0. The average Bonchev–Trinajstić information content (AvgIpc) is 2.38. The van der Waals surface area contributed by atoms with Gasteiger partial charge in [-0.15, -0.1) is 0 Å². The number of hydrogen-bond donors (Lipinski definition) is 0. The lowest BCUT2D eigenvalue weighted by Gasteiger charge is -2.11. The number of hydrogen-bond acceptors (Lipinski definition) is 3. The van der Waals surface area contributed by atoms with Crippen LogP contribution in [0.5, 0.6) is 0 Å². The van der Waals surface area contributed by atoms with Crippen molar-refractivity contribution in [1.29, 1.82) is 0 Å². The lowest BCUT2D eigenvalue weighted by molar-refractivity contribution is -0.254. The van der Waals surface area contributed by atoms with Gasteiger partial charge >= 0.3 is 0 Å². The van der Waals surface area contributed by atoms with Crippen molar-refractivity contribution in [2.45, 2.75) is 0 Å². The molecular weight excluding hydrogens is 252 g/mol. The highest BCUT2D eigenvalue weighted by molar-refractivity contribution is 6.31. The molecule has 4 heteroatoms. The maximum absolute atomic E-state index is 11.0. The van der Waals surface area contributed by atoms with E-state index in [1.165, 1.54) is 12.1 Å². The molecule has 0 N–H and O–H groups in total. The summed E-state index contributed by atoms with van der Waals surface area (Å²) in [4.78, 5) is 21.6. The molecule has 0 radical (unpaired) electrons. The molecular formula is C14H8ClO3-. The van der Waals surface area contributed by atoms with Gasteiger partial charge < -0.3 is 9.90 Å². The molecule has 2 aromatic rings. The van der Waals surface area contributed by atoms with Gasteiger partial charge in [-0.25, -0.2) is 0 Å². The van der Waals surface area contributed by atoms with Crippen LogP contribution in [0.2, 0.25) is 5.02 Å². The van der Waals surface area contributed by atoms with Gasteiger partial charge in [-0.1, -0.05) is 41.9 Å². The van der Waals surface area contributed by atoms with Crippen molar-refractivity contribution in [2.75, 3.05) is 0 Å². The van der Waals surface area contributed by atoms with E-state index < -0.39 is 5.97 Å². The van der Waals surface area contributed by atoms with E-state index in [-0.39, 0.29) is 5.56 Å². The van der Waals surface area contributed by atoms with Gasteiger partial charge in [0, 0.05) is 16.1 Å². The Morgan fingerprint density at radius 2 is 1.78 bits per heavy atom. The van der Waals surface area contributed by atoms with Crippen LogP contribution in [0.15, 0.2) is 42.5 Å². The smallest absolute Gasteiger partial charge is 0.150 e. The van der Waals surface area contributed by atoms with Crippen molar-refractivity contribution in [3.05, 3.63) is 58.6 Å². The van der Waals surface area contributed by atoms with Gasteiger partial charge in [-0.05, 0) is 23.3 Å². The quantitative estimate of drug-likeness (QED) is 0.794. The molecule has 0 unspecified atom stereocenters. The maximum Gasteiger partial charge on any atom is 0.150 e. The van der Waals surface area contributed by atoms with Crippen LogP contribution in [0, 0.1) is 0 Å². The summed E-state index contributed by atoms with van der Waals surface area (Å²) in [6.07, 6.45) is 0.724. The molecule has 0 aliphatic heterocycles. The summed E-state index contributed by atoms with van der Waals surface area (Å²) in [5.74, 6) is -1.26. The van der Waals surface area contributed by atoms with Crippen molar-refractivity contribution in [2.24, 2.45) is 0 Å². The third-order valence-corrected chi connectivity index (χ3v) is 2.79. The molecule has 90 valence electrons. The van der Waals surface area contributed by atoms with E-state index in [9.17, 15) is 14.7 Å². The Morgan fingerprint density at radius 1 is 1.11 bits per heavy atom. The third-order valence-electron chi connectivity index (χ3n) is 2.56. The fourth-order valence-corrected chi connectivity index (χ4v) is 1.85. The normalized spacial score (nSPS) is 10.1. The molecule has 0 atom stereocenters. The number of carbonyl (C=O) groups is 2. The SMILES string of the molecule is O=Cc1ccc(-c2cc(Cl)ccc2C(=O)[O-])cc1. The second kappa shape index (κ2) is 5.02. The Labute approximate surface area is 109 Å². The average molecular weight is 260 g/mol. The first-order valence-corrected chi connectivity index (χ1v) is 5.56. The lowest BCUT2D eigenvalue weighted by atomic mass is 9.99. The molecule has 0 aliphatic rings. The molecule has 0 aromatic heterocycles. The number of carboxylic acids is 1. The largest absolute Gasteiger partial charge is 0.545 e. The van der Waals surface area contributed by atoms with Crippen molar-refractivity contribution >= 4 is 23.9 Å². The summed E-state index contributed by atoms with van der Waals surface area (Å²) in [6.45, 7) is 0. The van der Waals surface area contributed by atoms with Crippen molar-refractivity contribution in [3.63, 3.8) is 0 Å². The zero-order chi connectivity index (χ0) is 13.1. The Bertz CT molecular complexity index is 603. The highest BCUT2D eigenvalue weighted by Gasteiger charge is 2.07. The zero-order valence-electron chi connectivity index (χ0n) is 9.22. The Morgan fingerprint density at radius 3 is 2.33 bits per heavy atom. The molecule has 0 saturated carbocycles. The summed E-state index contributed by atoms with van der Waals surface area (Å²) in [7, 11) is 0. The van der Waals surface area contributed by atoms with E-state index in [0.717, 1.165) is 6.29 Å².